The van der Waals surface area contributed by atoms with Crippen molar-refractivity contribution in [2.75, 3.05) is 0 Å². The predicted octanol–water partition coefficient (Wildman–Crippen LogP) is 0.208. The maximum absolute atomic E-state index is 9.72. The molecule has 3 nitrogen and oxygen atoms in total. The maximum Gasteiger partial charge on any atom is 0.241 e. The van der Waals surface area contributed by atoms with Crippen LogP contribution in [0.4, 0.5) is 0 Å². The number of carbonyl (C=O) groups is 1. The Morgan fingerprint density at radius 3 is 2.50 bits per heavy atom. The van der Waals surface area contributed by atoms with Crippen LogP contribution in [-0.2, 0) is 9.18 Å². The van der Waals surface area contributed by atoms with Crippen molar-refractivity contribution in [1.82, 2.24) is 5.48 Å². The number of rotatable bonds is 1. The lowest BCUT2D eigenvalue weighted by Gasteiger charge is -1.86. The molecule has 1 N–H and O–H groups in total. The van der Waals surface area contributed by atoms with E-state index in [4.69, 9.17) is 0 Å². The third-order valence-corrected chi connectivity index (χ3v) is 0.259. The summed E-state index contributed by atoms with van der Waals surface area (Å²) in [7, 11) is 0. The molecular formula is C2H4ClNO2. The summed E-state index contributed by atoms with van der Waals surface area (Å²) >= 11 is 4.56. The minimum absolute atomic E-state index is 0.315. The fourth-order valence-electron chi connectivity index (χ4n) is 0.0543. The van der Waals surface area contributed by atoms with Crippen LogP contribution in [0.2, 0.25) is 0 Å². The van der Waals surface area contributed by atoms with Gasteiger partial charge in [-0.2, -0.15) is 4.39 Å². The summed E-state index contributed by atoms with van der Waals surface area (Å²) in [4.78, 5) is 9.72. The zero-order valence-corrected chi connectivity index (χ0v) is 3.95. The van der Waals surface area contributed by atoms with Gasteiger partial charge < -0.3 is 0 Å². The molecule has 36 valence electrons. The van der Waals surface area contributed by atoms with Gasteiger partial charge in [0.25, 0.3) is 0 Å². The number of hydrogen-bond acceptors (Lipinski definition) is 2. The van der Waals surface area contributed by atoms with E-state index in [0.717, 1.165) is 0 Å². The van der Waals surface area contributed by atoms with Gasteiger partial charge in [-0.3, -0.25) is 4.79 Å². The average Bonchev–Trinajstić information content (AvgIpc) is 1.35. The molecule has 6 heavy (non-hydrogen) atoms. The van der Waals surface area contributed by atoms with Crippen LogP contribution in [0.1, 0.15) is 6.92 Å². The zero-order chi connectivity index (χ0) is 4.99. The van der Waals surface area contributed by atoms with Gasteiger partial charge in [0.1, 0.15) is 0 Å². The van der Waals surface area contributed by atoms with Gasteiger partial charge in [-0.15, -0.1) is 0 Å². The standard InChI is InChI=1S/C2H4ClNO2/c1-2(5)4-6-3/h1H3,(H,4,5). The molecule has 0 atom stereocenters. The normalized spacial score (nSPS) is 7.67. The lowest BCUT2D eigenvalue weighted by molar-refractivity contribution is -0.125. The molecule has 0 unspecified atom stereocenters. The largest absolute Gasteiger partial charge is 0.273 e. The Bertz CT molecular complexity index is 55.5. The van der Waals surface area contributed by atoms with Gasteiger partial charge in [0.2, 0.25) is 5.91 Å². The summed E-state index contributed by atoms with van der Waals surface area (Å²) in [5.74, 6) is -0.315. The van der Waals surface area contributed by atoms with Crippen molar-refractivity contribution < 1.29 is 9.18 Å². The lowest BCUT2D eigenvalue weighted by atomic mass is 10.8. The van der Waals surface area contributed by atoms with E-state index in [1.54, 1.807) is 0 Å². The summed E-state index contributed by atoms with van der Waals surface area (Å²) in [6.45, 7) is 1.29. The first-order chi connectivity index (χ1) is 2.77. The number of amides is 1. The Balaban J connectivity index is 2.83. The van der Waals surface area contributed by atoms with Gasteiger partial charge in [0, 0.05) is 6.92 Å². The molecular weight excluding hydrogens is 105 g/mol. The van der Waals surface area contributed by atoms with Crippen molar-refractivity contribution in [3.63, 3.8) is 0 Å². The topological polar surface area (TPSA) is 38.3 Å². The summed E-state index contributed by atoms with van der Waals surface area (Å²) in [5, 5.41) is 0. The number of nitrogens with one attached hydrogen (secondary N) is 1. The van der Waals surface area contributed by atoms with E-state index in [-0.39, 0.29) is 5.91 Å². The van der Waals surface area contributed by atoms with Crippen LogP contribution < -0.4 is 5.48 Å². The van der Waals surface area contributed by atoms with Crippen LogP contribution in [-0.4, -0.2) is 5.91 Å². The summed E-state index contributed by atoms with van der Waals surface area (Å²) in [6, 6.07) is 0. The van der Waals surface area contributed by atoms with Crippen LogP contribution in [0.3, 0.4) is 0 Å². The molecule has 0 rings (SSSR count). The van der Waals surface area contributed by atoms with Gasteiger partial charge in [-0.1, -0.05) is 0 Å². The smallest absolute Gasteiger partial charge is 0.241 e. The van der Waals surface area contributed by atoms with E-state index in [1.807, 2.05) is 5.48 Å². The van der Waals surface area contributed by atoms with E-state index in [1.165, 1.54) is 6.92 Å². The quantitative estimate of drug-likeness (QED) is 0.489. The fraction of sp³-hybridized carbons (Fsp3) is 0.500. The molecule has 0 bridgehead atoms. The minimum atomic E-state index is -0.315. The first-order valence-corrected chi connectivity index (χ1v) is 1.62. The first-order valence-electron chi connectivity index (χ1n) is 1.31. The molecule has 0 aliphatic heterocycles. The van der Waals surface area contributed by atoms with Crippen LogP contribution in [0.15, 0.2) is 0 Å². The highest BCUT2D eigenvalue weighted by molar-refractivity contribution is 6.07. The number of halogens is 1. The van der Waals surface area contributed by atoms with E-state index in [0.29, 0.717) is 0 Å². The molecule has 0 aromatic rings. The molecule has 0 aromatic heterocycles. The number of hydrogen-bond donors (Lipinski definition) is 1. The third kappa shape index (κ3) is 3.72. The van der Waals surface area contributed by atoms with Gasteiger partial charge >= 0.3 is 0 Å². The second-order valence-electron chi connectivity index (χ2n) is 0.735. The molecule has 4 heteroatoms. The monoisotopic (exact) mass is 109 g/mol. The van der Waals surface area contributed by atoms with Crippen molar-refractivity contribution in [2.45, 2.75) is 6.92 Å². The van der Waals surface area contributed by atoms with Gasteiger partial charge in [-0.25, -0.2) is 5.48 Å². The molecule has 0 radical (unpaired) electrons. The Morgan fingerprint density at radius 2 is 2.50 bits per heavy atom. The van der Waals surface area contributed by atoms with Crippen LogP contribution in [0, 0.1) is 0 Å². The summed E-state index contributed by atoms with van der Waals surface area (Å²) in [5.41, 5.74) is 1.83. The SMILES string of the molecule is CC(=O)NOCl. The van der Waals surface area contributed by atoms with Crippen molar-refractivity contribution in [3.8, 4) is 0 Å². The van der Waals surface area contributed by atoms with Gasteiger partial charge in [0.05, 0.1) is 11.9 Å². The maximum atomic E-state index is 9.72. The fourth-order valence-corrected chi connectivity index (χ4v) is 0.163. The van der Waals surface area contributed by atoms with E-state index in [9.17, 15) is 4.79 Å². The first kappa shape index (κ1) is 5.72. The van der Waals surface area contributed by atoms with Gasteiger partial charge in [-0.05, 0) is 0 Å². The molecule has 1 amide bonds. The van der Waals surface area contributed by atoms with E-state index in [2.05, 4.69) is 16.3 Å². The van der Waals surface area contributed by atoms with Gasteiger partial charge in [0.15, 0.2) is 0 Å². The Hall–Kier alpha value is -0.280. The minimum Gasteiger partial charge on any atom is -0.273 e. The lowest BCUT2D eigenvalue weighted by Crippen LogP contribution is -2.14. The molecule has 0 aliphatic rings. The molecule has 0 aromatic carbocycles. The molecule has 0 aliphatic carbocycles. The summed E-state index contributed by atoms with van der Waals surface area (Å²) < 4.78 is 3.68. The highest BCUT2D eigenvalue weighted by atomic mass is 35.5. The van der Waals surface area contributed by atoms with Crippen molar-refractivity contribution in [3.05, 3.63) is 0 Å². The highest BCUT2D eigenvalue weighted by Gasteiger charge is 1.81. The molecule has 0 saturated carbocycles. The Morgan fingerprint density at radius 1 is 2.00 bits per heavy atom. The second-order valence-corrected chi connectivity index (χ2v) is 0.890. The van der Waals surface area contributed by atoms with Crippen LogP contribution in [0.25, 0.3) is 0 Å². The Labute approximate surface area is 40.4 Å². The zero-order valence-electron chi connectivity index (χ0n) is 3.19. The van der Waals surface area contributed by atoms with E-state index < -0.39 is 0 Å². The molecule has 0 fully saturated rings. The third-order valence-electron chi connectivity index (χ3n) is 0.182. The van der Waals surface area contributed by atoms with Crippen molar-refractivity contribution in [1.29, 1.82) is 0 Å². The molecule has 0 heterocycles. The predicted molar refractivity (Wildman–Crippen MR) is 20.8 cm³/mol. The molecule has 0 saturated heterocycles. The summed E-state index contributed by atoms with van der Waals surface area (Å²) in [6.07, 6.45) is 0. The Kier molecular flexibility index (Phi) is 2.80. The highest BCUT2D eigenvalue weighted by Crippen LogP contribution is 1.67. The number of hydroxylamine groups is 1. The van der Waals surface area contributed by atoms with Crippen molar-refractivity contribution >= 4 is 17.8 Å². The van der Waals surface area contributed by atoms with Crippen molar-refractivity contribution in [2.24, 2.45) is 0 Å². The van der Waals surface area contributed by atoms with E-state index >= 15 is 0 Å². The average molecular weight is 110 g/mol. The molecule has 0 spiro atoms. The number of carbonyl (C=O) groups excluding carboxylic acids is 1. The second kappa shape index (κ2) is 2.93. The van der Waals surface area contributed by atoms with Crippen LogP contribution in [0.5, 0.6) is 0 Å². The van der Waals surface area contributed by atoms with Crippen LogP contribution >= 0.6 is 11.9 Å².